The van der Waals surface area contributed by atoms with E-state index in [0.717, 1.165) is 5.56 Å². The normalized spacial score (nSPS) is 22.2. The van der Waals surface area contributed by atoms with Crippen LogP contribution in [0.3, 0.4) is 0 Å². The molecular weight excluding hydrogens is 412 g/mol. The van der Waals surface area contributed by atoms with Gasteiger partial charge in [0.25, 0.3) is 0 Å². The van der Waals surface area contributed by atoms with Crippen molar-refractivity contribution >= 4 is 38.8 Å². The third-order valence-corrected chi connectivity index (χ3v) is 6.63. The number of fused-ring (bicyclic) bond motifs is 1. The van der Waals surface area contributed by atoms with E-state index in [4.69, 9.17) is 21.1 Å². The maximum atomic E-state index is 11.9. The highest BCUT2D eigenvalue weighted by molar-refractivity contribution is 7.19. The molecule has 0 saturated carbocycles. The molecule has 4 rings (SSSR count). The van der Waals surface area contributed by atoms with Crippen molar-refractivity contribution < 1.29 is 24.5 Å². The number of hydrogen-bond acceptors (Lipinski definition) is 6. The smallest absolute Gasteiger partial charge is 0.192 e. The fourth-order valence-electron chi connectivity index (χ4n) is 3.68. The number of halogens is 1. The molecule has 0 aliphatic carbocycles. The minimum Gasteiger partial charge on any atom is -0.496 e. The van der Waals surface area contributed by atoms with E-state index >= 15 is 0 Å². The van der Waals surface area contributed by atoms with Crippen LogP contribution < -0.4 is 4.74 Å². The number of aliphatic hydroxyl groups is 2. The van der Waals surface area contributed by atoms with Gasteiger partial charge in [-0.3, -0.25) is 4.79 Å². The first-order valence-corrected chi connectivity index (χ1v) is 10.5. The monoisotopic (exact) mass is 432 g/mol. The second-order valence-corrected chi connectivity index (χ2v) is 8.64. The molecule has 3 aromatic rings. The second kappa shape index (κ2) is 8.42. The number of carbonyl (C=O) groups excluding carboxylic acids is 1. The molecule has 1 fully saturated rings. The number of rotatable bonds is 5. The van der Waals surface area contributed by atoms with Gasteiger partial charge < -0.3 is 19.7 Å². The third kappa shape index (κ3) is 4.04. The third-order valence-electron chi connectivity index (χ3n) is 5.16. The number of ketones is 1. The molecule has 152 valence electrons. The Morgan fingerprint density at radius 2 is 2.07 bits per heavy atom. The average molecular weight is 433 g/mol. The van der Waals surface area contributed by atoms with Crippen molar-refractivity contribution in [2.24, 2.45) is 0 Å². The Morgan fingerprint density at radius 1 is 1.28 bits per heavy atom. The van der Waals surface area contributed by atoms with E-state index in [1.54, 1.807) is 17.4 Å². The predicted octanol–water partition coefficient (Wildman–Crippen LogP) is 3.91. The highest BCUT2D eigenvalue weighted by Crippen LogP contribution is 2.39. The number of ether oxygens (including phenoxy) is 2. The van der Waals surface area contributed by atoms with E-state index in [0.29, 0.717) is 22.8 Å². The number of hydrogen-bond donors (Lipinski definition) is 2. The number of aliphatic hydroxyl groups excluding tert-OH is 2. The van der Waals surface area contributed by atoms with Gasteiger partial charge in [0.05, 0.1) is 19.8 Å². The van der Waals surface area contributed by atoms with Crippen molar-refractivity contribution in [2.45, 2.75) is 31.2 Å². The number of Topliss-reactive ketones (excluding diaryl/α,β-unsaturated/α-hetero) is 1. The summed E-state index contributed by atoms with van der Waals surface area (Å²) in [7, 11) is 1.54. The SMILES string of the molecule is COc1cc(Cl)c(Cc2cc3ccccc3s2)cc1C1CC(O)C(=O)C(CO)O1. The van der Waals surface area contributed by atoms with Crippen LogP contribution in [-0.2, 0) is 16.0 Å². The zero-order chi connectivity index (χ0) is 20.5. The van der Waals surface area contributed by atoms with E-state index in [9.17, 15) is 15.0 Å². The van der Waals surface area contributed by atoms with E-state index in [1.165, 1.54) is 22.1 Å². The lowest BCUT2D eigenvalue weighted by Crippen LogP contribution is -2.43. The van der Waals surface area contributed by atoms with Crippen molar-refractivity contribution in [1.82, 2.24) is 0 Å². The first-order chi connectivity index (χ1) is 14.0. The molecular formula is C22H21ClO5S. The summed E-state index contributed by atoms with van der Waals surface area (Å²) < 4.78 is 12.5. The van der Waals surface area contributed by atoms with Crippen LogP contribution in [-0.4, -0.2) is 41.9 Å². The second-order valence-electron chi connectivity index (χ2n) is 7.06. The largest absolute Gasteiger partial charge is 0.496 e. The van der Waals surface area contributed by atoms with E-state index in [2.05, 4.69) is 18.2 Å². The van der Waals surface area contributed by atoms with Gasteiger partial charge in [-0.1, -0.05) is 29.8 Å². The molecule has 0 amide bonds. The molecule has 0 radical (unpaired) electrons. The van der Waals surface area contributed by atoms with E-state index < -0.39 is 30.7 Å². The van der Waals surface area contributed by atoms with Gasteiger partial charge in [-0.25, -0.2) is 0 Å². The predicted molar refractivity (Wildman–Crippen MR) is 113 cm³/mol. The molecule has 29 heavy (non-hydrogen) atoms. The van der Waals surface area contributed by atoms with Crippen LogP contribution in [0.4, 0.5) is 0 Å². The van der Waals surface area contributed by atoms with Crippen molar-refractivity contribution in [3.63, 3.8) is 0 Å². The molecule has 3 atom stereocenters. The first-order valence-electron chi connectivity index (χ1n) is 9.32. The summed E-state index contributed by atoms with van der Waals surface area (Å²) in [5.74, 6) is 0.0282. The molecule has 7 heteroatoms. The lowest BCUT2D eigenvalue weighted by Gasteiger charge is -2.32. The summed E-state index contributed by atoms with van der Waals surface area (Å²) >= 11 is 8.23. The van der Waals surface area contributed by atoms with Crippen molar-refractivity contribution in [3.05, 3.63) is 63.5 Å². The van der Waals surface area contributed by atoms with Gasteiger partial charge in [-0.15, -0.1) is 11.3 Å². The number of benzene rings is 2. The summed E-state index contributed by atoms with van der Waals surface area (Å²) in [6.45, 7) is -0.475. The Morgan fingerprint density at radius 3 is 2.79 bits per heavy atom. The summed E-state index contributed by atoms with van der Waals surface area (Å²) in [4.78, 5) is 13.1. The quantitative estimate of drug-likeness (QED) is 0.639. The first kappa shape index (κ1) is 20.3. The highest BCUT2D eigenvalue weighted by Gasteiger charge is 2.37. The summed E-state index contributed by atoms with van der Waals surface area (Å²) in [6.07, 6.45) is -2.05. The maximum Gasteiger partial charge on any atom is 0.192 e. The maximum absolute atomic E-state index is 11.9. The van der Waals surface area contributed by atoms with Crippen LogP contribution in [0.1, 0.15) is 28.5 Å². The highest BCUT2D eigenvalue weighted by atomic mass is 35.5. The average Bonchev–Trinajstić information content (AvgIpc) is 3.13. The van der Waals surface area contributed by atoms with Crippen LogP contribution in [0.2, 0.25) is 5.02 Å². The number of methoxy groups -OCH3 is 1. The minimum absolute atomic E-state index is 0.107. The van der Waals surface area contributed by atoms with Crippen molar-refractivity contribution in [1.29, 1.82) is 0 Å². The van der Waals surface area contributed by atoms with Crippen LogP contribution >= 0.6 is 22.9 Å². The van der Waals surface area contributed by atoms with Crippen LogP contribution in [0.15, 0.2) is 42.5 Å². The molecule has 0 spiro atoms. The Hall–Kier alpha value is -1.96. The summed E-state index contributed by atoms with van der Waals surface area (Å²) in [5.41, 5.74) is 1.61. The Bertz CT molecular complexity index is 1010. The Labute approximate surface area is 177 Å². The van der Waals surface area contributed by atoms with Gasteiger partial charge in [0, 0.05) is 33.0 Å². The molecule has 2 N–H and O–H groups in total. The number of thiophene rings is 1. The number of carbonyl (C=O) groups is 1. The summed E-state index contributed by atoms with van der Waals surface area (Å²) in [5, 5.41) is 21.3. The molecule has 2 heterocycles. The molecule has 3 unspecified atom stereocenters. The minimum atomic E-state index is -1.18. The fraction of sp³-hybridized carbons (Fsp3) is 0.318. The Balaban J connectivity index is 1.68. The molecule has 5 nitrogen and oxygen atoms in total. The van der Waals surface area contributed by atoms with Crippen LogP contribution in [0, 0.1) is 0 Å². The topological polar surface area (TPSA) is 76.0 Å². The molecule has 2 aromatic carbocycles. The fourth-order valence-corrected chi connectivity index (χ4v) is 4.99. The molecule has 0 bridgehead atoms. The molecule has 1 aliphatic rings. The lowest BCUT2D eigenvalue weighted by atomic mass is 9.93. The summed E-state index contributed by atoms with van der Waals surface area (Å²) in [6, 6.07) is 14.0. The Kier molecular flexibility index (Phi) is 5.90. The van der Waals surface area contributed by atoms with Crippen molar-refractivity contribution in [2.75, 3.05) is 13.7 Å². The van der Waals surface area contributed by atoms with Gasteiger partial charge in [0.15, 0.2) is 5.78 Å². The molecule has 1 saturated heterocycles. The standard InChI is InChI=1S/C22H21ClO5S/c1-27-18-9-16(23)13(7-14-6-12-4-2-3-5-21(12)29-14)8-15(18)19-10-17(25)22(26)20(11-24)28-19/h2-6,8-9,17,19-20,24-25H,7,10-11H2,1H3. The van der Waals surface area contributed by atoms with E-state index in [-0.39, 0.29) is 6.42 Å². The lowest BCUT2D eigenvalue weighted by molar-refractivity contribution is -0.162. The van der Waals surface area contributed by atoms with Gasteiger partial charge in [-0.05, 0) is 35.2 Å². The van der Waals surface area contributed by atoms with Crippen molar-refractivity contribution in [3.8, 4) is 5.75 Å². The van der Waals surface area contributed by atoms with Gasteiger partial charge in [0.1, 0.15) is 18.0 Å². The van der Waals surface area contributed by atoms with Gasteiger partial charge in [-0.2, -0.15) is 0 Å². The van der Waals surface area contributed by atoms with Crippen LogP contribution in [0.25, 0.3) is 10.1 Å². The van der Waals surface area contributed by atoms with Crippen LogP contribution in [0.5, 0.6) is 5.75 Å². The molecule has 1 aromatic heterocycles. The van der Waals surface area contributed by atoms with E-state index in [1.807, 2.05) is 18.2 Å². The van der Waals surface area contributed by atoms with Gasteiger partial charge >= 0.3 is 0 Å². The molecule has 1 aliphatic heterocycles. The zero-order valence-electron chi connectivity index (χ0n) is 15.8. The van der Waals surface area contributed by atoms with Gasteiger partial charge in [0.2, 0.25) is 0 Å². The zero-order valence-corrected chi connectivity index (χ0v) is 17.4.